The van der Waals surface area contributed by atoms with Crippen molar-refractivity contribution in [3.8, 4) is 0 Å². The number of benzene rings is 2. The molecule has 4 heteroatoms. The predicted octanol–water partition coefficient (Wildman–Crippen LogP) is 2.70. The summed E-state index contributed by atoms with van der Waals surface area (Å²) in [5.74, 6) is 0. The van der Waals surface area contributed by atoms with Gasteiger partial charge >= 0.3 is 117 Å². The Hall–Kier alpha value is -1.77. The number of hydrazone groups is 1. The van der Waals surface area contributed by atoms with E-state index < -0.39 is 0 Å². The van der Waals surface area contributed by atoms with Gasteiger partial charge in [-0.15, -0.1) is 0 Å². The van der Waals surface area contributed by atoms with Gasteiger partial charge in [0.1, 0.15) is 0 Å². The zero-order valence-electron chi connectivity index (χ0n) is 10.6. The van der Waals surface area contributed by atoms with Gasteiger partial charge in [0, 0.05) is 0 Å². The van der Waals surface area contributed by atoms with E-state index in [1.807, 2.05) is 13.4 Å². The van der Waals surface area contributed by atoms with Crippen molar-refractivity contribution in [2.45, 2.75) is 0 Å². The summed E-state index contributed by atoms with van der Waals surface area (Å²) in [7, 11) is 2.05. The van der Waals surface area contributed by atoms with Gasteiger partial charge in [-0.2, -0.15) is 0 Å². The molecule has 0 unspecified atom stereocenters. The van der Waals surface area contributed by atoms with Crippen LogP contribution < -0.4 is 5.01 Å². The van der Waals surface area contributed by atoms with Crippen molar-refractivity contribution in [2.24, 2.45) is 5.10 Å². The van der Waals surface area contributed by atoms with Gasteiger partial charge in [0.05, 0.1) is 0 Å². The molecule has 0 spiro atoms. The Morgan fingerprint density at radius 2 is 1.89 bits per heavy atom. The minimum atomic E-state index is 0.388. The monoisotopic (exact) mass is 315 g/mol. The molecule has 0 aliphatic carbocycles. The normalized spacial score (nSPS) is 15.0. The van der Waals surface area contributed by atoms with E-state index in [1.165, 1.54) is 25.0 Å². The number of fused-ring (bicyclic) bond motifs is 3. The zero-order valence-corrected chi connectivity index (χ0v) is 12.3. The van der Waals surface area contributed by atoms with E-state index in [1.54, 1.807) is 0 Å². The van der Waals surface area contributed by atoms with Crippen molar-refractivity contribution in [1.29, 1.82) is 0 Å². The second kappa shape index (κ2) is 4.12. The quantitative estimate of drug-likeness (QED) is 0.643. The van der Waals surface area contributed by atoms with E-state index in [-0.39, 0.29) is 0 Å². The second-order valence-corrected chi connectivity index (χ2v) is 6.99. The van der Waals surface area contributed by atoms with Gasteiger partial charge in [-0.3, -0.25) is 0 Å². The fourth-order valence-corrected chi connectivity index (χ4v) is 5.07. The fourth-order valence-electron chi connectivity index (χ4n) is 2.51. The van der Waals surface area contributed by atoms with Crippen molar-refractivity contribution in [1.82, 2.24) is 4.90 Å². The predicted molar refractivity (Wildman–Crippen MR) is 82.0 cm³/mol. The molecule has 1 aromatic heterocycles. The topological polar surface area (TPSA) is 18.8 Å². The standard InChI is InChI=1S/C15H13N3Se/c1-17-9-16-18(10-17)13-7-4-6-12-11-5-2-3-8-14(11)19-15(12)13/h2-9H,10H2,1H3. The molecule has 4 rings (SSSR count). The molecule has 2 heterocycles. The Morgan fingerprint density at radius 3 is 2.74 bits per heavy atom. The van der Waals surface area contributed by atoms with Gasteiger partial charge < -0.3 is 0 Å². The number of nitrogens with zero attached hydrogens (tertiary/aromatic N) is 3. The molecule has 0 atom stereocenters. The van der Waals surface area contributed by atoms with Crippen LogP contribution in [-0.4, -0.2) is 39.5 Å². The minimum absolute atomic E-state index is 0.388. The first kappa shape index (κ1) is 11.1. The summed E-state index contributed by atoms with van der Waals surface area (Å²) in [6, 6.07) is 15.3. The third kappa shape index (κ3) is 1.68. The first-order valence-corrected chi connectivity index (χ1v) is 7.96. The summed E-state index contributed by atoms with van der Waals surface area (Å²) in [4.78, 5) is 2.09. The van der Waals surface area contributed by atoms with Crippen molar-refractivity contribution in [3.63, 3.8) is 0 Å². The third-order valence-electron chi connectivity index (χ3n) is 3.41. The van der Waals surface area contributed by atoms with Crippen molar-refractivity contribution >= 4 is 45.8 Å². The van der Waals surface area contributed by atoms with Crippen LogP contribution in [-0.2, 0) is 0 Å². The molecule has 0 saturated carbocycles. The summed E-state index contributed by atoms with van der Waals surface area (Å²) in [5.41, 5.74) is 1.26. The fraction of sp³-hybridized carbons (Fsp3) is 0.133. The molecule has 0 fully saturated rings. The molecule has 0 bridgehead atoms. The van der Waals surface area contributed by atoms with Crippen molar-refractivity contribution in [2.75, 3.05) is 18.7 Å². The van der Waals surface area contributed by atoms with Gasteiger partial charge in [-0.25, -0.2) is 0 Å². The Morgan fingerprint density at radius 1 is 1.05 bits per heavy atom. The molecule has 19 heavy (non-hydrogen) atoms. The summed E-state index contributed by atoms with van der Waals surface area (Å²) >= 11 is 0.388. The average Bonchev–Trinajstić information content (AvgIpc) is 3.02. The Kier molecular flexibility index (Phi) is 2.40. The molecule has 0 amide bonds. The van der Waals surface area contributed by atoms with Gasteiger partial charge in [-0.1, -0.05) is 0 Å². The van der Waals surface area contributed by atoms with Crippen LogP contribution in [0.15, 0.2) is 47.6 Å². The molecule has 0 saturated heterocycles. The summed E-state index contributed by atoms with van der Waals surface area (Å²) in [6.07, 6.45) is 1.88. The van der Waals surface area contributed by atoms with Gasteiger partial charge in [0.15, 0.2) is 0 Å². The molecule has 0 N–H and O–H groups in total. The number of anilines is 1. The van der Waals surface area contributed by atoms with Gasteiger partial charge in [-0.05, 0) is 0 Å². The van der Waals surface area contributed by atoms with Crippen molar-refractivity contribution in [3.05, 3.63) is 42.5 Å². The first-order chi connectivity index (χ1) is 9.33. The number of rotatable bonds is 1. The van der Waals surface area contributed by atoms with Crippen molar-refractivity contribution < 1.29 is 0 Å². The van der Waals surface area contributed by atoms with E-state index in [9.17, 15) is 0 Å². The molecular formula is C15H13N3Se. The molecule has 1 aliphatic heterocycles. The van der Waals surface area contributed by atoms with Gasteiger partial charge in [0.2, 0.25) is 0 Å². The SMILES string of the molecule is CN1C=NN(c2cccc3c2[se]c2ccccc23)C1. The average molecular weight is 314 g/mol. The van der Waals surface area contributed by atoms with Crippen LogP contribution in [0, 0.1) is 0 Å². The molecule has 3 nitrogen and oxygen atoms in total. The molecular weight excluding hydrogens is 301 g/mol. The Bertz CT molecular complexity index is 790. The van der Waals surface area contributed by atoms with Crippen LogP contribution in [0.2, 0.25) is 0 Å². The molecule has 94 valence electrons. The zero-order chi connectivity index (χ0) is 12.8. The van der Waals surface area contributed by atoms with E-state index >= 15 is 0 Å². The maximum absolute atomic E-state index is 4.47. The van der Waals surface area contributed by atoms with Crippen LogP contribution in [0.4, 0.5) is 5.69 Å². The number of hydrogen-bond acceptors (Lipinski definition) is 3. The van der Waals surface area contributed by atoms with E-state index in [2.05, 4.69) is 57.5 Å². The van der Waals surface area contributed by atoms with Crippen LogP contribution in [0.3, 0.4) is 0 Å². The van der Waals surface area contributed by atoms with Crippen LogP contribution in [0.5, 0.6) is 0 Å². The van der Waals surface area contributed by atoms with E-state index in [4.69, 9.17) is 0 Å². The first-order valence-electron chi connectivity index (χ1n) is 6.25. The van der Waals surface area contributed by atoms with Crippen LogP contribution >= 0.6 is 0 Å². The molecule has 0 radical (unpaired) electrons. The third-order valence-corrected chi connectivity index (χ3v) is 5.94. The van der Waals surface area contributed by atoms with Gasteiger partial charge in [0.25, 0.3) is 0 Å². The molecule has 3 aromatic rings. The van der Waals surface area contributed by atoms with Crippen LogP contribution in [0.25, 0.3) is 19.3 Å². The summed E-state index contributed by atoms with van der Waals surface area (Å²) < 4.78 is 2.94. The van der Waals surface area contributed by atoms with Crippen LogP contribution in [0.1, 0.15) is 0 Å². The molecule has 1 aliphatic rings. The molecule has 2 aromatic carbocycles. The number of hydrogen-bond donors (Lipinski definition) is 0. The maximum atomic E-state index is 4.47. The second-order valence-electron chi connectivity index (χ2n) is 4.78. The Labute approximate surface area is 117 Å². The summed E-state index contributed by atoms with van der Waals surface area (Å²) in [5, 5.41) is 9.35. The van der Waals surface area contributed by atoms with E-state index in [0.29, 0.717) is 14.5 Å². The van der Waals surface area contributed by atoms with E-state index in [0.717, 1.165) is 6.67 Å². The Balaban J connectivity index is 1.99. The summed E-state index contributed by atoms with van der Waals surface area (Å²) in [6.45, 7) is 0.836.